The molecule has 0 atom stereocenters. The van der Waals surface area contributed by atoms with Crippen molar-refractivity contribution in [2.24, 2.45) is 5.73 Å². The van der Waals surface area contributed by atoms with Gasteiger partial charge in [-0.2, -0.15) is 0 Å². The third-order valence-corrected chi connectivity index (χ3v) is 3.20. The summed E-state index contributed by atoms with van der Waals surface area (Å²) in [6.07, 6.45) is 6.63. The fourth-order valence-electron chi connectivity index (χ4n) is 2.12. The van der Waals surface area contributed by atoms with Gasteiger partial charge in [-0.1, -0.05) is 19.3 Å². The Morgan fingerprint density at radius 3 is 2.82 bits per heavy atom. The average Bonchev–Trinajstić information content (AvgIpc) is 2.32. The summed E-state index contributed by atoms with van der Waals surface area (Å²) < 4.78 is 5.48. The van der Waals surface area contributed by atoms with E-state index in [0.717, 1.165) is 25.7 Å². The molecule has 1 aromatic heterocycles. The number of aromatic amines is 1. The van der Waals surface area contributed by atoms with Crippen molar-refractivity contribution < 1.29 is 4.74 Å². The van der Waals surface area contributed by atoms with E-state index in [-0.39, 0.29) is 22.7 Å². The molecule has 0 aromatic carbocycles. The van der Waals surface area contributed by atoms with Gasteiger partial charge in [0.2, 0.25) is 5.88 Å². The van der Waals surface area contributed by atoms with Crippen LogP contribution in [0.3, 0.4) is 0 Å². The molecule has 94 valence electrons. The summed E-state index contributed by atoms with van der Waals surface area (Å²) in [7, 11) is 0. The molecular weight excluding hydrogens is 220 g/mol. The molecule has 1 heterocycles. The number of anilines is 1. The highest BCUT2D eigenvalue weighted by atomic mass is 16.5. The lowest BCUT2D eigenvalue weighted by Gasteiger charge is -2.32. The number of hydrogen-bond donors (Lipinski definition) is 3. The Hall–Kier alpha value is -1.56. The van der Waals surface area contributed by atoms with Crippen LogP contribution < -0.4 is 21.8 Å². The Balaban J connectivity index is 2.02. The molecule has 1 aromatic rings. The Morgan fingerprint density at radius 1 is 1.41 bits per heavy atom. The lowest BCUT2D eigenvalue weighted by Crippen LogP contribution is -2.47. The van der Waals surface area contributed by atoms with E-state index in [9.17, 15) is 4.79 Å². The maximum Gasteiger partial charge on any atom is 0.277 e. The van der Waals surface area contributed by atoms with Gasteiger partial charge in [-0.05, 0) is 12.8 Å². The number of nitrogens with two attached hydrogens (primary N) is 2. The van der Waals surface area contributed by atoms with Crippen LogP contribution in [0.2, 0.25) is 0 Å². The van der Waals surface area contributed by atoms with Gasteiger partial charge in [0.1, 0.15) is 6.61 Å². The van der Waals surface area contributed by atoms with E-state index in [2.05, 4.69) is 9.97 Å². The van der Waals surface area contributed by atoms with Crippen LogP contribution in [-0.4, -0.2) is 22.1 Å². The summed E-state index contributed by atoms with van der Waals surface area (Å²) in [5.74, 6) is 0.171. The van der Waals surface area contributed by atoms with E-state index in [1.54, 1.807) is 0 Å². The molecule has 1 fully saturated rings. The predicted octanol–water partition coefficient (Wildman–Crippen LogP) is 0.392. The lowest BCUT2D eigenvalue weighted by molar-refractivity contribution is 0.169. The van der Waals surface area contributed by atoms with Crippen LogP contribution in [-0.2, 0) is 0 Å². The molecule has 0 bridgehead atoms. The fourth-order valence-corrected chi connectivity index (χ4v) is 2.12. The Morgan fingerprint density at radius 2 is 2.12 bits per heavy atom. The van der Waals surface area contributed by atoms with E-state index < -0.39 is 0 Å². The molecule has 5 N–H and O–H groups in total. The van der Waals surface area contributed by atoms with E-state index in [1.165, 1.54) is 12.7 Å². The Labute approximate surface area is 99.4 Å². The number of nitrogens with zero attached hydrogens (tertiary/aromatic N) is 1. The van der Waals surface area contributed by atoms with Gasteiger partial charge < -0.3 is 21.2 Å². The van der Waals surface area contributed by atoms with Crippen LogP contribution in [0.25, 0.3) is 0 Å². The van der Waals surface area contributed by atoms with Crippen LogP contribution in [0.1, 0.15) is 32.1 Å². The van der Waals surface area contributed by atoms with Crippen molar-refractivity contribution >= 4 is 5.69 Å². The maximum atomic E-state index is 11.2. The largest absolute Gasteiger partial charge is 0.474 e. The van der Waals surface area contributed by atoms with Gasteiger partial charge >= 0.3 is 0 Å². The first-order valence-corrected chi connectivity index (χ1v) is 5.86. The SMILES string of the molecule is Nc1c(OCC2(N)CCCCC2)nc[nH]c1=O. The highest BCUT2D eigenvalue weighted by molar-refractivity contribution is 5.44. The second-order valence-corrected chi connectivity index (χ2v) is 4.66. The van der Waals surface area contributed by atoms with Gasteiger partial charge in [-0.3, -0.25) is 4.79 Å². The highest BCUT2D eigenvalue weighted by Crippen LogP contribution is 2.26. The van der Waals surface area contributed by atoms with Gasteiger partial charge in [0, 0.05) is 0 Å². The lowest BCUT2D eigenvalue weighted by atomic mass is 9.83. The summed E-state index contributed by atoms with van der Waals surface area (Å²) in [5, 5.41) is 0. The van der Waals surface area contributed by atoms with Gasteiger partial charge in [0.05, 0.1) is 11.9 Å². The summed E-state index contributed by atoms with van der Waals surface area (Å²) in [6.45, 7) is 0.355. The second kappa shape index (κ2) is 4.75. The molecule has 0 saturated heterocycles. The molecule has 0 amide bonds. The zero-order valence-corrected chi connectivity index (χ0v) is 9.74. The first-order valence-electron chi connectivity index (χ1n) is 5.86. The Kier molecular flexibility index (Phi) is 3.33. The fraction of sp³-hybridized carbons (Fsp3) is 0.636. The number of H-pyrrole nitrogens is 1. The third-order valence-electron chi connectivity index (χ3n) is 3.20. The molecular formula is C11H18N4O2. The molecule has 0 unspecified atom stereocenters. The van der Waals surface area contributed by atoms with Gasteiger partial charge in [0.15, 0.2) is 5.69 Å². The van der Waals surface area contributed by atoms with Crippen LogP contribution in [0.15, 0.2) is 11.1 Å². The van der Waals surface area contributed by atoms with E-state index in [1.807, 2.05) is 0 Å². The molecule has 1 aliphatic carbocycles. The summed E-state index contributed by atoms with van der Waals surface area (Å²) in [6, 6.07) is 0. The van der Waals surface area contributed by atoms with Crippen molar-refractivity contribution in [2.45, 2.75) is 37.6 Å². The minimum Gasteiger partial charge on any atom is -0.474 e. The highest BCUT2D eigenvalue weighted by Gasteiger charge is 2.28. The third kappa shape index (κ3) is 2.76. The van der Waals surface area contributed by atoms with Crippen LogP contribution in [0, 0.1) is 0 Å². The number of ether oxygens (including phenoxy) is 1. The monoisotopic (exact) mass is 238 g/mol. The van der Waals surface area contributed by atoms with Crippen LogP contribution >= 0.6 is 0 Å². The smallest absolute Gasteiger partial charge is 0.277 e. The molecule has 1 saturated carbocycles. The Bertz CT molecular complexity index is 437. The first kappa shape index (κ1) is 11.9. The number of aromatic nitrogens is 2. The van der Waals surface area contributed by atoms with Crippen LogP contribution in [0.5, 0.6) is 5.88 Å². The summed E-state index contributed by atoms with van der Waals surface area (Å²) >= 11 is 0. The van der Waals surface area contributed by atoms with Crippen molar-refractivity contribution in [3.8, 4) is 5.88 Å². The van der Waals surface area contributed by atoms with E-state index in [4.69, 9.17) is 16.2 Å². The molecule has 6 heteroatoms. The predicted molar refractivity (Wildman–Crippen MR) is 64.8 cm³/mol. The van der Waals surface area contributed by atoms with Crippen molar-refractivity contribution in [2.75, 3.05) is 12.3 Å². The second-order valence-electron chi connectivity index (χ2n) is 4.66. The number of rotatable bonds is 3. The maximum absolute atomic E-state index is 11.2. The molecule has 1 aliphatic rings. The minimum absolute atomic E-state index is 0.00640. The number of hydrogen-bond acceptors (Lipinski definition) is 5. The zero-order chi connectivity index (χ0) is 12.3. The molecule has 0 radical (unpaired) electrons. The molecule has 0 aliphatic heterocycles. The average molecular weight is 238 g/mol. The van der Waals surface area contributed by atoms with Gasteiger partial charge in [-0.25, -0.2) is 4.98 Å². The van der Waals surface area contributed by atoms with Crippen molar-refractivity contribution in [3.05, 3.63) is 16.7 Å². The quantitative estimate of drug-likeness (QED) is 0.706. The van der Waals surface area contributed by atoms with E-state index in [0.29, 0.717) is 6.61 Å². The number of nitrogen functional groups attached to an aromatic ring is 1. The summed E-state index contributed by atoms with van der Waals surface area (Å²) in [4.78, 5) is 17.5. The van der Waals surface area contributed by atoms with Gasteiger partial charge in [-0.15, -0.1) is 0 Å². The first-order chi connectivity index (χ1) is 8.11. The standard InChI is InChI=1S/C11H18N4O2/c12-8-9(16)14-7-15-10(8)17-6-11(13)4-2-1-3-5-11/h7H,1-6,12-13H2,(H,14,15,16). The molecule has 6 nitrogen and oxygen atoms in total. The summed E-state index contributed by atoms with van der Waals surface area (Å²) in [5.41, 5.74) is 11.1. The topological polar surface area (TPSA) is 107 Å². The minimum atomic E-state index is -0.385. The van der Waals surface area contributed by atoms with Crippen LogP contribution in [0.4, 0.5) is 5.69 Å². The van der Waals surface area contributed by atoms with E-state index >= 15 is 0 Å². The van der Waals surface area contributed by atoms with Gasteiger partial charge in [0.25, 0.3) is 5.56 Å². The van der Waals surface area contributed by atoms with Crippen molar-refractivity contribution in [1.82, 2.24) is 9.97 Å². The normalized spacial score (nSPS) is 18.9. The molecule has 0 spiro atoms. The number of nitrogens with one attached hydrogen (secondary N) is 1. The van der Waals surface area contributed by atoms with Crippen molar-refractivity contribution in [3.63, 3.8) is 0 Å². The molecule has 2 rings (SSSR count). The van der Waals surface area contributed by atoms with Crippen molar-refractivity contribution in [1.29, 1.82) is 0 Å². The molecule has 17 heavy (non-hydrogen) atoms. The zero-order valence-electron chi connectivity index (χ0n) is 9.74.